The monoisotopic (exact) mass is 253 g/mol. The molecule has 1 aromatic carbocycles. The summed E-state index contributed by atoms with van der Waals surface area (Å²) in [6.07, 6.45) is 4.12. The zero-order chi connectivity index (χ0) is 13.2. The average molecular weight is 253 g/mol. The number of anilines is 2. The molecule has 0 spiro atoms. The van der Waals surface area contributed by atoms with Gasteiger partial charge >= 0.3 is 0 Å². The van der Waals surface area contributed by atoms with E-state index in [9.17, 15) is 4.79 Å². The Hall–Kier alpha value is -2.36. The van der Waals surface area contributed by atoms with E-state index in [4.69, 9.17) is 0 Å². The molecule has 4 nitrogen and oxygen atoms in total. The number of nitrogens with zero attached hydrogens (tertiary/aromatic N) is 2. The fourth-order valence-electron chi connectivity index (χ4n) is 2.38. The number of aromatic nitrogens is 1. The molecule has 0 radical (unpaired) electrons. The molecule has 1 amide bonds. The van der Waals surface area contributed by atoms with Crippen LogP contribution in [0, 0.1) is 0 Å². The molecule has 0 saturated carbocycles. The largest absolute Gasteiger partial charge is 0.373 e. The molecular weight excluding hydrogens is 238 g/mol. The van der Waals surface area contributed by atoms with Gasteiger partial charge in [-0.15, -0.1) is 0 Å². The third kappa shape index (κ3) is 2.17. The van der Waals surface area contributed by atoms with Gasteiger partial charge in [0.15, 0.2) is 0 Å². The van der Waals surface area contributed by atoms with Crippen LogP contribution >= 0.6 is 0 Å². The highest BCUT2D eigenvalue weighted by Crippen LogP contribution is 2.26. The fourth-order valence-corrected chi connectivity index (χ4v) is 2.38. The van der Waals surface area contributed by atoms with Crippen LogP contribution in [0.2, 0.25) is 0 Å². The van der Waals surface area contributed by atoms with Gasteiger partial charge in [-0.05, 0) is 23.8 Å². The summed E-state index contributed by atoms with van der Waals surface area (Å²) in [5.74, 6) is 0.0717. The van der Waals surface area contributed by atoms with E-state index in [1.165, 1.54) is 5.56 Å². The van der Waals surface area contributed by atoms with E-state index in [0.717, 1.165) is 17.8 Å². The number of carbonyl (C=O) groups excluding carboxylic acids is 1. The van der Waals surface area contributed by atoms with Gasteiger partial charge in [0.1, 0.15) is 6.04 Å². The maximum absolute atomic E-state index is 12.5. The van der Waals surface area contributed by atoms with Gasteiger partial charge in [-0.3, -0.25) is 9.78 Å². The standard InChI is InChI=1S/C15H15N3O/c1-18(12-6-8-16-9-7-12)15(19)14-10-11-4-2-3-5-13(11)17-14/h2-9,14,17H,10H2,1H3/t14-/m0/s1. The molecule has 1 aliphatic heterocycles. The first-order valence-electron chi connectivity index (χ1n) is 6.28. The molecule has 0 fully saturated rings. The summed E-state index contributed by atoms with van der Waals surface area (Å²) in [4.78, 5) is 18.1. The van der Waals surface area contributed by atoms with Crippen molar-refractivity contribution < 1.29 is 4.79 Å². The Morgan fingerprint density at radius 3 is 2.74 bits per heavy atom. The summed E-state index contributed by atoms with van der Waals surface area (Å²) in [6, 6.07) is 11.5. The van der Waals surface area contributed by atoms with Gasteiger partial charge in [-0.1, -0.05) is 18.2 Å². The summed E-state index contributed by atoms with van der Waals surface area (Å²) in [5, 5.41) is 3.28. The van der Waals surface area contributed by atoms with Crippen molar-refractivity contribution in [3.8, 4) is 0 Å². The lowest BCUT2D eigenvalue weighted by Gasteiger charge is -2.21. The predicted octanol–water partition coefficient (Wildman–Crippen LogP) is 2.08. The van der Waals surface area contributed by atoms with Crippen LogP contribution < -0.4 is 10.2 Å². The Kier molecular flexibility index (Phi) is 2.91. The van der Waals surface area contributed by atoms with Crippen molar-refractivity contribution in [3.05, 3.63) is 54.4 Å². The van der Waals surface area contributed by atoms with Crippen LogP contribution in [0.25, 0.3) is 0 Å². The fraction of sp³-hybridized carbons (Fsp3) is 0.200. The van der Waals surface area contributed by atoms with Crippen LogP contribution in [-0.4, -0.2) is 24.0 Å². The third-order valence-electron chi connectivity index (χ3n) is 3.45. The number of rotatable bonds is 2. The van der Waals surface area contributed by atoms with Gasteiger partial charge in [0.05, 0.1) is 0 Å². The molecule has 1 aliphatic rings. The molecule has 0 unspecified atom stereocenters. The number of fused-ring (bicyclic) bond motifs is 1. The number of pyridine rings is 1. The highest BCUT2D eigenvalue weighted by Gasteiger charge is 2.28. The molecule has 1 atom stereocenters. The minimum Gasteiger partial charge on any atom is -0.373 e. The Morgan fingerprint density at radius 2 is 2.00 bits per heavy atom. The van der Waals surface area contributed by atoms with Gasteiger partial charge in [0, 0.05) is 37.2 Å². The van der Waals surface area contributed by atoms with Crippen LogP contribution in [0.3, 0.4) is 0 Å². The summed E-state index contributed by atoms with van der Waals surface area (Å²) in [7, 11) is 1.79. The number of amides is 1. The summed E-state index contributed by atoms with van der Waals surface area (Å²) in [5.41, 5.74) is 3.12. The SMILES string of the molecule is CN(C(=O)[C@@H]1Cc2ccccc2N1)c1ccncc1. The highest BCUT2D eigenvalue weighted by atomic mass is 16.2. The second-order valence-corrected chi connectivity index (χ2v) is 4.66. The van der Waals surface area contributed by atoms with Gasteiger partial charge in [0.25, 0.3) is 0 Å². The molecule has 0 aliphatic carbocycles. The predicted molar refractivity (Wildman–Crippen MR) is 75.2 cm³/mol. The van der Waals surface area contributed by atoms with E-state index in [1.54, 1.807) is 24.3 Å². The van der Waals surface area contributed by atoms with Crippen molar-refractivity contribution in [1.29, 1.82) is 0 Å². The molecule has 1 N–H and O–H groups in total. The summed E-state index contributed by atoms with van der Waals surface area (Å²) < 4.78 is 0. The first kappa shape index (κ1) is 11.7. The molecular formula is C15H15N3O. The quantitative estimate of drug-likeness (QED) is 0.891. The number of hydrogen-bond acceptors (Lipinski definition) is 3. The number of benzene rings is 1. The van der Waals surface area contributed by atoms with Gasteiger partial charge in [-0.25, -0.2) is 0 Å². The van der Waals surface area contributed by atoms with Crippen LogP contribution in [-0.2, 0) is 11.2 Å². The van der Waals surface area contributed by atoms with Crippen LogP contribution in [0.5, 0.6) is 0 Å². The number of hydrogen-bond donors (Lipinski definition) is 1. The second-order valence-electron chi connectivity index (χ2n) is 4.66. The van der Waals surface area contributed by atoms with E-state index in [-0.39, 0.29) is 11.9 Å². The highest BCUT2D eigenvalue weighted by molar-refractivity contribution is 5.99. The number of para-hydroxylation sites is 1. The maximum Gasteiger partial charge on any atom is 0.249 e. The minimum atomic E-state index is -0.185. The molecule has 4 heteroatoms. The van der Waals surface area contributed by atoms with Crippen molar-refractivity contribution in [2.75, 3.05) is 17.3 Å². The van der Waals surface area contributed by atoms with E-state index in [2.05, 4.69) is 16.4 Å². The minimum absolute atomic E-state index is 0.0717. The number of likely N-dealkylation sites (N-methyl/N-ethyl adjacent to an activating group) is 1. The maximum atomic E-state index is 12.5. The third-order valence-corrected chi connectivity index (χ3v) is 3.45. The molecule has 96 valence electrons. The lowest BCUT2D eigenvalue weighted by Crippen LogP contribution is -2.39. The van der Waals surface area contributed by atoms with Crippen molar-refractivity contribution in [1.82, 2.24) is 4.98 Å². The van der Waals surface area contributed by atoms with Gasteiger partial charge < -0.3 is 10.2 Å². The zero-order valence-electron chi connectivity index (χ0n) is 10.7. The average Bonchev–Trinajstić information content (AvgIpc) is 2.90. The molecule has 2 heterocycles. The Balaban J connectivity index is 1.77. The van der Waals surface area contributed by atoms with Crippen LogP contribution in [0.15, 0.2) is 48.8 Å². The topological polar surface area (TPSA) is 45.2 Å². The molecule has 1 aromatic heterocycles. The van der Waals surface area contributed by atoms with Crippen molar-refractivity contribution >= 4 is 17.3 Å². The Morgan fingerprint density at radius 1 is 1.26 bits per heavy atom. The first-order chi connectivity index (χ1) is 9.25. The Labute approximate surface area is 112 Å². The van der Waals surface area contributed by atoms with Crippen molar-refractivity contribution in [2.24, 2.45) is 0 Å². The van der Waals surface area contributed by atoms with Crippen molar-refractivity contribution in [3.63, 3.8) is 0 Å². The van der Waals surface area contributed by atoms with E-state index in [1.807, 2.05) is 30.3 Å². The summed E-state index contributed by atoms with van der Waals surface area (Å²) >= 11 is 0. The van der Waals surface area contributed by atoms with Crippen LogP contribution in [0.4, 0.5) is 11.4 Å². The first-order valence-corrected chi connectivity index (χ1v) is 6.28. The molecule has 0 saturated heterocycles. The van der Waals surface area contributed by atoms with E-state index < -0.39 is 0 Å². The molecule has 0 bridgehead atoms. The number of nitrogens with one attached hydrogen (secondary N) is 1. The smallest absolute Gasteiger partial charge is 0.249 e. The molecule has 19 heavy (non-hydrogen) atoms. The molecule has 2 aromatic rings. The number of carbonyl (C=O) groups is 1. The molecule has 3 rings (SSSR count). The van der Waals surface area contributed by atoms with E-state index >= 15 is 0 Å². The van der Waals surface area contributed by atoms with Gasteiger partial charge in [0.2, 0.25) is 5.91 Å². The second kappa shape index (κ2) is 4.72. The van der Waals surface area contributed by atoms with Crippen LogP contribution in [0.1, 0.15) is 5.56 Å². The van der Waals surface area contributed by atoms with Crippen molar-refractivity contribution in [2.45, 2.75) is 12.5 Å². The lowest BCUT2D eigenvalue weighted by molar-refractivity contribution is -0.118. The van der Waals surface area contributed by atoms with Gasteiger partial charge in [-0.2, -0.15) is 0 Å². The zero-order valence-corrected chi connectivity index (χ0v) is 10.7. The summed E-state index contributed by atoms with van der Waals surface area (Å²) in [6.45, 7) is 0. The lowest BCUT2D eigenvalue weighted by atomic mass is 10.1. The normalized spacial score (nSPS) is 16.6. The van der Waals surface area contributed by atoms with E-state index in [0.29, 0.717) is 0 Å². The Bertz CT molecular complexity index is 572.